The minimum Gasteiger partial charge on any atom is -0.384 e. The Morgan fingerprint density at radius 2 is 1.91 bits per heavy atom. The summed E-state index contributed by atoms with van der Waals surface area (Å²) in [5.41, 5.74) is 8.79. The Labute approximate surface area is 191 Å². The van der Waals surface area contributed by atoms with Crippen molar-refractivity contribution >= 4 is 39.3 Å². The molecule has 1 fully saturated rings. The summed E-state index contributed by atoms with van der Waals surface area (Å²) in [4.78, 5) is 25.1. The van der Waals surface area contributed by atoms with Gasteiger partial charge in [-0.3, -0.25) is 15.0 Å². The first-order chi connectivity index (χ1) is 16.0. The zero-order valence-electron chi connectivity index (χ0n) is 18.1. The Kier molecular flexibility index (Phi) is 5.30. The van der Waals surface area contributed by atoms with Crippen LogP contribution in [-0.2, 0) is 11.3 Å². The van der Waals surface area contributed by atoms with Crippen LogP contribution in [0.1, 0.15) is 34.5 Å². The molecule has 4 aromatic rings. The molecule has 0 unspecified atom stereocenters. The van der Waals surface area contributed by atoms with Crippen molar-refractivity contribution in [1.82, 2.24) is 15.2 Å². The van der Waals surface area contributed by atoms with Crippen LogP contribution in [-0.4, -0.2) is 34.8 Å². The predicted molar refractivity (Wildman–Crippen MR) is 130 cm³/mol. The maximum absolute atomic E-state index is 13.4. The number of nitrogens with one attached hydrogen (secondary N) is 3. The molecular weight excluding hydrogens is 414 g/mol. The largest absolute Gasteiger partial charge is 0.384 e. The Hall–Kier alpha value is -4.13. The van der Waals surface area contributed by atoms with E-state index in [0.29, 0.717) is 30.8 Å². The van der Waals surface area contributed by atoms with Crippen molar-refractivity contribution in [2.75, 3.05) is 6.54 Å². The van der Waals surface area contributed by atoms with Gasteiger partial charge in [-0.05, 0) is 34.9 Å². The minimum absolute atomic E-state index is 0.0194. The molecule has 0 aliphatic carbocycles. The molecule has 166 valence electrons. The Bertz CT molecular complexity index is 1400. The lowest BCUT2D eigenvalue weighted by Crippen LogP contribution is -2.45. The molecule has 7 heteroatoms. The van der Waals surface area contributed by atoms with Crippen LogP contribution in [0.5, 0.6) is 0 Å². The van der Waals surface area contributed by atoms with E-state index in [0.717, 1.165) is 27.2 Å². The van der Waals surface area contributed by atoms with Crippen LogP contribution in [0.15, 0.2) is 66.7 Å². The van der Waals surface area contributed by atoms with Crippen molar-refractivity contribution in [1.29, 1.82) is 5.41 Å². The van der Waals surface area contributed by atoms with E-state index >= 15 is 0 Å². The van der Waals surface area contributed by atoms with Gasteiger partial charge in [-0.2, -0.15) is 0 Å². The van der Waals surface area contributed by atoms with Gasteiger partial charge in [0.05, 0.1) is 0 Å². The van der Waals surface area contributed by atoms with Crippen LogP contribution >= 0.6 is 0 Å². The fraction of sp³-hybridized carbons (Fsp3) is 0.192. The first kappa shape index (κ1) is 20.8. The molecule has 5 N–H and O–H groups in total. The molecule has 2 heterocycles. The molecule has 1 aliphatic rings. The zero-order chi connectivity index (χ0) is 22.9. The third-order valence-corrected chi connectivity index (χ3v) is 6.24. The van der Waals surface area contributed by atoms with Gasteiger partial charge in [-0.25, -0.2) is 0 Å². The number of hydrogen-bond donors (Lipinski definition) is 4. The molecular formula is C26H25N5O2. The normalized spacial score (nSPS) is 16.0. The molecule has 1 atom stereocenters. The van der Waals surface area contributed by atoms with Crippen LogP contribution < -0.4 is 16.4 Å². The number of nitrogens with zero attached hydrogens (tertiary/aromatic N) is 1. The van der Waals surface area contributed by atoms with Crippen molar-refractivity contribution in [2.24, 2.45) is 5.73 Å². The summed E-state index contributed by atoms with van der Waals surface area (Å²) < 4.78 is 1.97. The van der Waals surface area contributed by atoms with Crippen LogP contribution in [0.4, 0.5) is 0 Å². The minimum atomic E-state index is -0.212. The number of rotatable bonds is 5. The average molecular weight is 440 g/mol. The van der Waals surface area contributed by atoms with E-state index in [2.05, 4.69) is 34.9 Å². The summed E-state index contributed by atoms with van der Waals surface area (Å²) >= 11 is 0. The fourth-order valence-corrected chi connectivity index (χ4v) is 4.55. The lowest BCUT2D eigenvalue weighted by Gasteiger charge is -2.23. The number of carbonyl (C=O) groups is 2. The predicted octanol–water partition coefficient (Wildman–Crippen LogP) is 3.14. The van der Waals surface area contributed by atoms with Crippen LogP contribution in [0.2, 0.25) is 0 Å². The lowest BCUT2D eigenvalue weighted by molar-refractivity contribution is -0.122. The molecule has 2 amide bonds. The highest BCUT2D eigenvalue weighted by Gasteiger charge is 2.24. The summed E-state index contributed by atoms with van der Waals surface area (Å²) in [5.74, 6) is -0.279. The van der Waals surface area contributed by atoms with Crippen molar-refractivity contribution in [3.63, 3.8) is 0 Å². The highest BCUT2D eigenvalue weighted by Crippen LogP contribution is 2.26. The number of fused-ring (bicyclic) bond motifs is 2. The number of hydrogen-bond acceptors (Lipinski definition) is 3. The second-order valence-electron chi connectivity index (χ2n) is 8.45. The third kappa shape index (κ3) is 4.05. The number of aromatic nitrogens is 1. The van der Waals surface area contributed by atoms with Crippen molar-refractivity contribution in [3.05, 3.63) is 83.6 Å². The van der Waals surface area contributed by atoms with Crippen molar-refractivity contribution in [2.45, 2.75) is 25.4 Å². The van der Waals surface area contributed by atoms with Crippen LogP contribution in [0, 0.1) is 5.41 Å². The number of amides is 2. The SMILES string of the molecule is N=C(N)c1ccc2cc(C(=O)N[C@H]3CCNC(=O)C3)n(Cc3cccc4ccccc34)c2c1. The molecule has 33 heavy (non-hydrogen) atoms. The van der Waals surface area contributed by atoms with E-state index in [1.807, 2.05) is 41.0 Å². The maximum atomic E-state index is 13.4. The first-order valence-electron chi connectivity index (χ1n) is 11.0. The zero-order valence-corrected chi connectivity index (χ0v) is 18.1. The number of carbonyl (C=O) groups excluding carboxylic acids is 2. The topological polar surface area (TPSA) is 113 Å². The van der Waals surface area contributed by atoms with Gasteiger partial charge in [0, 0.05) is 42.0 Å². The molecule has 7 nitrogen and oxygen atoms in total. The van der Waals surface area contributed by atoms with Gasteiger partial charge < -0.3 is 20.9 Å². The Morgan fingerprint density at radius 3 is 2.73 bits per heavy atom. The second kappa shape index (κ2) is 8.43. The molecule has 0 saturated carbocycles. The number of piperidine rings is 1. The van der Waals surface area contributed by atoms with E-state index in [1.165, 1.54) is 0 Å². The number of amidine groups is 1. The number of benzene rings is 3. The molecule has 1 aliphatic heterocycles. The second-order valence-corrected chi connectivity index (χ2v) is 8.45. The molecule has 3 aromatic carbocycles. The van der Waals surface area contributed by atoms with Gasteiger partial charge >= 0.3 is 0 Å². The standard InChI is InChI=1S/C26H25N5O2/c27-25(28)18-9-8-17-12-23(26(33)30-20-10-11-29-24(32)14-20)31(22(17)13-18)15-19-6-3-5-16-4-1-2-7-21(16)19/h1-9,12-13,20H,10-11,14-15H2,(H3,27,28)(H,29,32)(H,30,33)/t20-/m0/s1. The van der Waals surface area contributed by atoms with E-state index in [4.69, 9.17) is 11.1 Å². The number of nitrogen functional groups attached to an aromatic ring is 1. The third-order valence-electron chi connectivity index (χ3n) is 6.24. The van der Waals surface area contributed by atoms with Crippen LogP contribution in [0.25, 0.3) is 21.7 Å². The summed E-state index contributed by atoms with van der Waals surface area (Å²) in [6.07, 6.45) is 0.985. The summed E-state index contributed by atoms with van der Waals surface area (Å²) in [5, 5.41) is 16.8. The van der Waals surface area contributed by atoms with Gasteiger partial charge in [0.15, 0.2) is 0 Å². The van der Waals surface area contributed by atoms with Crippen LogP contribution in [0.3, 0.4) is 0 Å². The highest BCUT2D eigenvalue weighted by molar-refractivity contribution is 6.02. The van der Waals surface area contributed by atoms with E-state index in [9.17, 15) is 9.59 Å². The Balaban J connectivity index is 1.59. The van der Waals surface area contributed by atoms with Gasteiger partial charge in [0.1, 0.15) is 11.5 Å². The van der Waals surface area contributed by atoms with Gasteiger partial charge in [0.25, 0.3) is 5.91 Å². The molecule has 0 spiro atoms. The highest BCUT2D eigenvalue weighted by atomic mass is 16.2. The monoisotopic (exact) mass is 439 g/mol. The molecule has 5 rings (SSSR count). The molecule has 1 saturated heterocycles. The Morgan fingerprint density at radius 1 is 1.09 bits per heavy atom. The van der Waals surface area contributed by atoms with Crippen molar-refractivity contribution < 1.29 is 9.59 Å². The molecule has 1 aromatic heterocycles. The van der Waals surface area contributed by atoms with Crippen molar-refractivity contribution in [3.8, 4) is 0 Å². The maximum Gasteiger partial charge on any atom is 0.268 e. The number of nitrogens with two attached hydrogens (primary N) is 1. The van der Waals surface area contributed by atoms with E-state index in [-0.39, 0.29) is 30.1 Å². The smallest absolute Gasteiger partial charge is 0.268 e. The lowest BCUT2D eigenvalue weighted by atomic mass is 10.0. The molecule has 0 radical (unpaired) electrons. The summed E-state index contributed by atoms with van der Waals surface area (Å²) in [6.45, 7) is 1.05. The summed E-state index contributed by atoms with van der Waals surface area (Å²) in [6, 6.07) is 21.5. The van der Waals surface area contributed by atoms with E-state index < -0.39 is 0 Å². The average Bonchev–Trinajstić information content (AvgIpc) is 3.17. The first-order valence-corrected chi connectivity index (χ1v) is 11.0. The van der Waals surface area contributed by atoms with E-state index in [1.54, 1.807) is 6.07 Å². The van der Waals surface area contributed by atoms with Gasteiger partial charge in [-0.1, -0.05) is 54.6 Å². The van der Waals surface area contributed by atoms with Gasteiger partial charge in [0.2, 0.25) is 5.91 Å². The molecule has 0 bridgehead atoms. The quantitative estimate of drug-likeness (QED) is 0.283. The van der Waals surface area contributed by atoms with Gasteiger partial charge in [-0.15, -0.1) is 0 Å². The summed E-state index contributed by atoms with van der Waals surface area (Å²) in [7, 11) is 0. The fourth-order valence-electron chi connectivity index (χ4n) is 4.55.